The number of aliphatic hydroxyl groups is 1. The van der Waals surface area contributed by atoms with Crippen molar-refractivity contribution < 1.29 is 9.84 Å². The smallest absolute Gasteiger partial charge is 0.156 e. The molecular weight excluding hydrogens is 325 g/mol. The zero-order valence-corrected chi connectivity index (χ0v) is 13.8. The monoisotopic (exact) mass is 343 g/mol. The van der Waals surface area contributed by atoms with E-state index in [1.807, 2.05) is 24.0 Å². The molecule has 2 rings (SSSR count). The Morgan fingerprint density at radius 3 is 2.73 bits per heavy atom. The number of nitrogens with one attached hydrogen (secondary N) is 1. The van der Waals surface area contributed by atoms with Crippen molar-refractivity contribution in [2.45, 2.75) is 19.6 Å². The summed E-state index contributed by atoms with van der Waals surface area (Å²) in [4.78, 5) is 0. The number of hydrogen-bond acceptors (Lipinski definition) is 4. The molecule has 7 heteroatoms. The fraction of sp³-hybridized carbons (Fsp3) is 0.400. The van der Waals surface area contributed by atoms with Crippen LogP contribution in [-0.2, 0) is 6.54 Å². The highest BCUT2D eigenvalue weighted by Crippen LogP contribution is 2.32. The molecule has 120 valence electrons. The maximum atomic E-state index is 9.90. The first-order valence-corrected chi connectivity index (χ1v) is 7.76. The summed E-state index contributed by atoms with van der Waals surface area (Å²) in [6.45, 7) is 4.00. The Kier molecular flexibility index (Phi) is 6.51. The predicted molar refractivity (Wildman–Crippen MR) is 87.8 cm³/mol. The third-order valence-corrected chi connectivity index (χ3v) is 3.59. The van der Waals surface area contributed by atoms with Crippen molar-refractivity contribution in [2.24, 2.45) is 0 Å². The lowest BCUT2D eigenvalue weighted by Crippen LogP contribution is -2.33. The molecule has 0 saturated heterocycles. The van der Waals surface area contributed by atoms with Crippen LogP contribution in [0, 0.1) is 6.92 Å². The number of nitrogens with zero attached hydrogens (tertiary/aromatic N) is 2. The van der Waals surface area contributed by atoms with E-state index >= 15 is 0 Å². The van der Waals surface area contributed by atoms with Gasteiger partial charge in [-0.25, -0.2) is 0 Å². The third kappa shape index (κ3) is 5.18. The predicted octanol–water partition coefficient (Wildman–Crippen LogP) is 2.53. The summed E-state index contributed by atoms with van der Waals surface area (Å²) in [5.41, 5.74) is 1.13. The topological polar surface area (TPSA) is 59.3 Å². The zero-order valence-electron chi connectivity index (χ0n) is 12.3. The van der Waals surface area contributed by atoms with Crippen molar-refractivity contribution in [3.05, 3.63) is 46.2 Å². The van der Waals surface area contributed by atoms with Crippen LogP contribution in [0.3, 0.4) is 0 Å². The van der Waals surface area contributed by atoms with Crippen LogP contribution < -0.4 is 10.1 Å². The maximum Gasteiger partial charge on any atom is 0.156 e. The second-order valence-electron chi connectivity index (χ2n) is 5.00. The van der Waals surface area contributed by atoms with Crippen LogP contribution in [0.5, 0.6) is 5.75 Å². The van der Waals surface area contributed by atoms with Gasteiger partial charge in [0.25, 0.3) is 0 Å². The highest BCUT2D eigenvalue weighted by Gasteiger charge is 2.10. The number of rotatable bonds is 8. The molecule has 0 aliphatic carbocycles. The molecule has 0 unspecified atom stereocenters. The Bertz CT molecular complexity index is 584. The van der Waals surface area contributed by atoms with Crippen LogP contribution in [0.2, 0.25) is 10.0 Å². The largest absolute Gasteiger partial charge is 0.488 e. The van der Waals surface area contributed by atoms with Crippen LogP contribution in [0.4, 0.5) is 0 Å². The third-order valence-electron chi connectivity index (χ3n) is 3.00. The average molecular weight is 344 g/mol. The van der Waals surface area contributed by atoms with Gasteiger partial charge < -0.3 is 15.2 Å². The van der Waals surface area contributed by atoms with Crippen LogP contribution in [0.15, 0.2) is 30.6 Å². The molecule has 1 aromatic heterocycles. The molecule has 22 heavy (non-hydrogen) atoms. The molecule has 0 radical (unpaired) electrons. The fourth-order valence-electron chi connectivity index (χ4n) is 1.91. The first-order valence-electron chi connectivity index (χ1n) is 7.01. The second-order valence-corrected chi connectivity index (χ2v) is 5.81. The van der Waals surface area contributed by atoms with Crippen molar-refractivity contribution in [3.63, 3.8) is 0 Å². The number of ether oxygens (including phenoxy) is 1. The lowest BCUT2D eigenvalue weighted by Gasteiger charge is -2.15. The second kappa shape index (κ2) is 8.39. The Hall–Kier alpha value is -1.27. The molecule has 0 spiro atoms. The summed E-state index contributed by atoms with van der Waals surface area (Å²) in [7, 11) is 0. The fourth-order valence-corrected chi connectivity index (χ4v) is 2.42. The van der Waals surface area contributed by atoms with Crippen LogP contribution >= 0.6 is 23.2 Å². The van der Waals surface area contributed by atoms with Gasteiger partial charge in [-0.05, 0) is 24.6 Å². The Morgan fingerprint density at radius 2 is 2.09 bits per heavy atom. The minimum absolute atomic E-state index is 0.122. The summed E-state index contributed by atoms with van der Waals surface area (Å²) in [6.07, 6.45) is 3.14. The lowest BCUT2D eigenvalue weighted by atomic mass is 10.3. The van der Waals surface area contributed by atoms with Gasteiger partial charge in [0.2, 0.25) is 0 Å². The summed E-state index contributed by atoms with van der Waals surface area (Å²) >= 11 is 12.0. The molecule has 0 aliphatic heterocycles. The van der Waals surface area contributed by atoms with Gasteiger partial charge in [-0.15, -0.1) is 0 Å². The zero-order chi connectivity index (χ0) is 15.9. The Balaban J connectivity index is 1.66. The number of aliphatic hydroxyl groups excluding tert-OH is 1. The molecule has 2 N–H and O–H groups in total. The minimum Gasteiger partial charge on any atom is -0.488 e. The summed E-state index contributed by atoms with van der Waals surface area (Å²) in [5.74, 6) is 0.400. The van der Waals surface area contributed by atoms with Crippen molar-refractivity contribution in [2.75, 3.05) is 19.7 Å². The van der Waals surface area contributed by atoms with E-state index in [4.69, 9.17) is 27.9 Å². The van der Waals surface area contributed by atoms with E-state index in [1.54, 1.807) is 18.2 Å². The van der Waals surface area contributed by atoms with Gasteiger partial charge in [0.05, 0.1) is 22.8 Å². The minimum atomic E-state index is -0.647. The highest BCUT2D eigenvalue weighted by molar-refractivity contribution is 6.37. The average Bonchev–Trinajstić information content (AvgIpc) is 2.89. The molecule has 1 atom stereocenters. The molecule has 1 heterocycles. The molecule has 0 saturated carbocycles. The van der Waals surface area contributed by atoms with E-state index in [0.717, 1.165) is 12.1 Å². The van der Waals surface area contributed by atoms with E-state index in [9.17, 15) is 5.11 Å². The molecule has 5 nitrogen and oxygen atoms in total. The van der Waals surface area contributed by atoms with Crippen LogP contribution in [-0.4, -0.2) is 40.7 Å². The van der Waals surface area contributed by atoms with Gasteiger partial charge in [0, 0.05) is 19.3 Å². The van der Waals surface area contributed by atoms with Crippen LogP contribution in [0.1, 0.15) is 5.56 Å². The van der Waals surface area contributed by atoms with Crippen molar-refractivity contribution in [1.82, 2.24) is 15.1 Å². The molecule has 1 aromatic carbocycles. The Morgan fingerprint density at radius 1 is 1.36 bits per heavy atom. The van der Waals surface area contributed by atoms with Gasteiger partial charge in [-0.3, -0.25) is 4.68 Å². The van der Waals surface area contributed by atoms with Gasteiger partial charge in [-0.2, -0.15) is 5.10 Å². The Labute approximate surface area is 139 Å². The number of aromatic nitrogens is 2. The molecule has 0 fully saturated rings. The summed E-state index contributed by atoms with van der Waals surface area (Å²) in [5, 5.41) is 18.1. The molecule has 0 bridgehead atoms. The normalized spacial score (nSPS) is 12.4. The molecule has 0 amide bonds. The quantitative estimate of drug-likeness (QED) is 0.723. The van der Waals surface area contributed by atoms with E-state index in [-0.39, 0.29) is 6.61 Å². The van der Waals surface area contributed by atoms with E-state index in [2.05, 4.69) is 10.4 Å². The number of para-hydroxylation sites is 1. The van der Waals surface area contributed by atoms with E-state index in [0.29, 0.717) is 28.9 Å². The number of benzene rings is 1. The summed E-state index contributed by atoms with van der Waals surface area (Å²) in [6, 6.07) is 5.13. The van der Waals surface area contributed by atoms with Crippen molar-refractivity contribution >= 4 is 23.2 Å². The lowest BCUT2D eigenvalue weighted by molar-refractivity contribution is 0.106. The van der Waals surface area contributed by atoms with Gasteiger partial charge >= 0.3 is 0 Å². The van der Waals surface area contributed by atoms with Gasteiger partial charge in [0.1, 0.15) is 12.7 Å². The van der Waals surface area contributed by atoms with Gasteiger partial charge in [-0.1, -0.05) is 29.3 Å². The highest BCUT2D eigenvalue weighted by atomic mass is 35.5. The standard InChI is InChI=1S/C15H19Cl2N3O2/c1-11-7-19-20(9-11)6-5-18-8-12(21)10-22-15-13(16)3-2-4-14(15)17/h2-4,7,9,12,18,21H,5-6,8,10H2,1H3/t12-/m1/s1. The number of aryl methyl sites for hydroxylation is 1. The molecule has 0 aliphatic rings. The van der Waals surface area contributed by atoms with Crippen molar-refractivity contribution in [1.29, 1.82) is 0 Å². The number of hydrogen-bond donors (Lipinski definition) is 2. The number of halogens is 2. The summed E-state index contributed by atoms with van der Waals surface area (Å²) < 4.78 is 7.33. The SMILES string of the molecule is Cc1cnn(CCNC[C@@H](O)COc2c(Cl)cccc2Cl)c1. The maximum absolute atomic E-state index is 9.90. The van der Waals surface area contributed by atoms with Crippen LogP contribution in [0.25, 0.3) is 0 Å². The molecular formula is C15H19Cl2N3O2. The first-order chi connectivity index (χ1) is 10.6. The van der Waals surface area contributed by atoms with Crippen molar-refractivity contribution in [3.8, 4) is 5.75 Å². The van der Waals surface area contributed by atoms with Gasteiger partial charge in [0.15, 0.2) is 5.75 Å². The first kappa shape index (κ1) is 17.1. The van der Waals surface area contributed by atoms with E-state index in [1.165, 1.54) is 0 Å². The van der Waals surface area contributed by atoms with E-state index < -0.39 is 6.10 Å². The molecule has 2 aromatic rings.